The highest BCUT2D eigenvalue weighted by molar-refractivity contribution is 6.55. The van der Waals surface area contributed by atoms with E-state index in [-0.39, 0.29) is 34.4 Å². The van der Waals surface area contributed by atoms with Crippen molar-refractivity contribution in [1.82, 2.24) is 0 Å². The molecule has 3 aromatic rings. The van der Waals surface area contributed by atoms with E-state index in [9.17, 15) is 4.79 Å². The number of carbonyl (C=O) groups excluding carboxylic acids is 1. The summed E-state index contributed by atoms with van der Waals surface area (Å²) >= 11 is 23.6. The molecule has 0 amide bonds. The van der Waals surface area contributed by atoms with Crippen LogP contribution in [0.4, 0.5) is 0 Å². The maximum atomic E-state index is 12.4. The number of hydrogen-bond acceptors (Lipinski definition) is 5. The van der Waals surface area contributed by atoms with Crippen LogP contribution in [0.1, 0.15) is 16.8 Å². The van der Waals surface area contributed by atoms with Crippen molar-refractivity contribution in [2.45, 2.75) is 6.42 Å². The summed E-state index contributed by atoms with van der Waals surface area (Å²) < 4.78 is 22.3. The Morgan fingerprint density at radius 2 is 1.50 bits per heavy atom. The van der Waals surface area contributed by atoms with Gasteiger partial charge in [-0.25, -0.2) is 4.79 Å². The van der Waals surface area contributed by atoms with Crippen LogP contribution in [0.15, 0.2) is 77.3 Å². The van der Waals surface area contributed by atoms with Gasteiger partial charge in [0.2, 0.25) is 0 Å². The molecular formula is C25H20Cl4O5. The van der Waals surface area contributed by atoms with E-state index in [0.717, 1.165) is 0 Å². The van der Waals surface area contributed by atoms with Gasteiger partial charge < -0.3 is 18.9 Å². The average molecular weight is 542 g/mol. The number of carbonyl (C=O) groups is 1. The first-order valence-corrected chi connectivity index (χ1v) is 11.7. The Morgan fingerprint density at radius 1 is 0.794 bits per heavy atom. The summed E-state index contributed by atoms with van der Waals surface area (Å²) in [6, 6.07) is 19.2. The second kappa shape index (κ2) is 13.4. The number of para-hydroxylation sites is 1. The minimum Gasteiger partial charge on any atom is -0.490 e. The molecule has 0 fully saturated rings. The van der Waals surface area contributed by atoms with Crippen molar-refractivity contribution in [2.24, 2.45) is 0 Å². The van der Waals surface area contributed by atoms with Crippen molar-refractivity contribution >= 4 is 52.4 Å². The second-order valence-corrected chi connectivity index (χ2v) is 8.62. The summed E-state index contributed by atoms with van der Waals surface area (Å²) in [5.41, 5.74) is 0.390. The molecule has 178 valence electrons. The molecule has 0 aliphatic carbocycles. The summed E-state index contributed by atoms with van der Waals surface area (Å²) in [6.07, 6.45) is 1.93. The largest absolute Gasteiger partial charge is 0.490 e. The van der Waals surface area contributed by atoms with Crippen molar-refractivity contribution in [3.05, 3.63) is 92.9 Å². The Morgan fingerprint density at radius 3 is 2.21 bits per heavy atom. The van der Waals surface area contributed by atoms with Crippen molar-refractivity contribution in [3.63, 3.8) is 0 Å². The molecule has 5 nitrogen and oxygen atoms in total. The Hall–Kier alpha value is -2.57. The van der Waals surface area contributed by atoms with Crippen LogP contribution in [0.3, 0.4) is 0 Å². The highest BCUT2D eigenvalue weighted by atomic mass is 35.5. The standard InChI is InChI=1S/C25H20Cl4O5/c26-21-15-20(31-13-10-23(28)29)16-22(27)24(21)32-11-5-12-33-25(30)17-6-4-9-19(14-17)34-18-7-2-1-3-8-18/h1-4,6-10,14-16H,5,11-13H2. The van der Waals surface area contributed by atoms with Crippen LogP contribution in [0.5, 0.6) is 23.0 Å². The third kappa shape index (κ3) is 8.33. The van der Waals surface area contributed by atoms with Crippen LogP contribution in [-0.2, 0) is 4.74 Å². The van der Waals surface area contributed by atoms with Gasteiger partial charge in [-0.05, 0) is 36.4 Å². The molecule has 0 radical (unpaired) electrons. The molecule has 9 heteroatoms. The molecule has 0 saturated carbocycles. The number of ether oxygens (including phenoxy) is 4. The molecule has 0 spiro atoms. The Kier molecular flexibility index (Phi) is 10.2. The SMILES string of the molecule is O=C(OCCCOc1c(Cl)cc(OCC=C(Cl)Cl)cc1Cl)c1cccc(Oc2ccccc2)c1. The van der Waals surface area contributed by atoms with E-state index >= 15 is 0 Å². The van der Waals surface area contributed by atoms with Crippen molar-refractivity contribution in [3.8, 4) is 23.0 Å². The number of hydrogen-bond donors (Lipinski definition) is 0. The third-order valence-electron chi connectivity index (χ3n) is 4.28. The van der Waals surface area contributed by atoms with Crippen molar-refractivity contribution in [2.75, 3.05) is 19.8 Å². The van der Waals surface area contributed by atoms with Crippen LogP contribution in [-0.4, -0.2) is 25.8 Å². The molecule has 0 saturated heterocycles. The first kappa shape index (κ1) is 26.0. The number of rotatable bonds is 11. The van der Waals surface area contributed by atoms with Crippen LogP contribution < -0.4 is 14.2 Å². The lowest BCUT2D eigenvalue weighted by atomic mass is 10.2. The van der Waals surface area contributed by atoms with Gasteiger partial charge in [-0.2, -0.15) is 0 Å². The average Bonchev–Trinajstić information content (AvgIpc) is 2.81. The summed E-state index contributed by atoms with van der Waals surface area (Å²) in [6.45, 7) is 0.571. The first-order valence-electron chi connectivity index (χ1n) is 10.2. The molecule has 0 bridgehead atoms. The van der Waals surface area contributed by atoms with E-state index in [1.54, 1.807) is 36.4 Å². The molecule has 0 aliphatic heterocycles. The zero-order valence-corrected chi connectivity index (χ0v) is 20.8. The zero-order valence-electron chi connectivity index (χ0n) is 17.8. The highest BCUT2D eigenvalue weighted by Crippen LogP contribution is 2.37. The van der Waals surface area contributed by atoms with E-state index in [0.29, 0.717) is 35.0 Å². The fourth-order valence-corrected chi connectivity index (χ4v) is 3.45. The molecular weight excluding hydrogens is 522 g/mol. The molecule has 0 N–H and O–H groups in total. The van der Waals surface area contributed by atoms with Crippen LogP contribution in [0.25, 0.3) is 0 Å². The van der Waals surface area contributed by atoms with Crippen molar-refractivity contribution < 1.29 is 23.7 Å². The Labute approximate surface area is 217 Å². The third-order valence-corrected chi connectivity index (χ3v) is 5.15. The molecule has 3 aromatic carbocycles. The summed E-state index contributed by atoms with van der Waals surface area (Å²) in [7, 11) is 0. The smallest absolute Gasteiger partial charge is 0.338 e. The second-order valence-electron chi connectivity index (χ2n) is 6.80. The number of benzene rings is 3. The molecule has 0 aromatic heterocycles. The van der Waals surface area contributed by atoms with E-state index in [1.807, 2.05) is 30.3 Å². The molecule has 0 heterocycles. The van der Waals surface area contributed by atoms with Gasteiger partial charge in [0, 0.05) is 18.6 Å². The predicted molar refractivity (Wildman–Crippen MR) is 135 cm³/mol. The van der Waals surface area contributed by atoms with Crippen LogP contribution in [0.2, 0.25) is 10.0 Å². The van der Waals surface area contributed by atoms with Gasteiger partial charge in [0.1, 0.15) is 28.3 Å². The van der Waals surface area contributed by atoms with Gasteiger partial charge in [-0.15, -0.1) is 0 Å². The van der Waals surface area contributed by atoms with Gasteiger partial charge in [0.05, 0.1) is 28.8 Å². The van der Waals surface area contributed by atoms with E-state index in [4.69, 9.17) is 65.4 Å². The lowest BCUT2D eigenvalue weighted by molar-refractivity contribution is 0.0485. The summed E-state index contributed by atoms with van der Waals surface area (Å²) in [5, 5.41) is 0.575. The van der Waals surface area contributed by atoms with Gasteiger partial charge in [-0.1, -0.05) is 70.7 Å². The fraction of sp³-hybridized carbons (Fsp3) is 0.160. The van der Waals surface area contributed by atoms with Gasteiger partial charge in [-0.3, -0.25) is 0 Å². The molecule has 0 aliphatic rings. The van der Waals surface area contributed by atoms with Crippen LogP contribution in [0, 0.1) is 0 Å². The number of halogens is 4. The summed E-state index contributed by atoms with van der Waals surface area (Å²) in [4.78, 5) is 12.4. The molecule has 3 rings (SSSR count). The quantitative estimate of drug-likeness (QED) is 0.181. The lowest BCUT2D eigenvalue weighted by Crippen LogP contribution is -2.09. The Balaban J connectivity index is 1.44. The lowest BCUT2D eigenvalue weighted by Gasteiger charge is -2.12. The minimum absolute atomic E-state index is 0.103. The van der Waals surface area contributed by atoms with E-state index in [1.165, 1.54) is 6.08 Å². The van der Waals surface area contributed by atoms with Gasteiger partial charge in [0.15, 0.2) is 5.75 Å². The van der Waals surface area contributed by atoms with Gasteiger partial charge >= 0.3 is 5.97 Å². The topological polar surface area (TPSA) is 54.0 Å². The maximum absolute atomic E-state index is 12.4. The minimum atomic E-state index is -0.456. The van der Waals surface area contributed by atoms with Crippen molar-refractivity contribution in [1.29, 1.82) is 0 Å². The van der Waals surface area contributed by atoms with E-state index < -0.39 is 5.97 Å². The zero-order chi connectivity index (χ0) is 24.3. The molecule has 0 unspecified atom stereocenters. The maximum Gasteiger partial charge on any atom is 0.338 e. The number of esters is 1. The van der Waals surface area contributed by atoms with E-state index in [2.05, 4.69) is 0 Å². The van der Waals surface area contributed by atoms with Gasteiger partial charge in [0.25, 0.3) is 0 Å². The monoisotopic (exact) mass is 540 g/mol. The van der Waals surface area contributed by atoms with Crippen LogP contribution >= 0.6 is 46.4 Å². The predicted octanol–water partition coefficient (Wildman–Crippen LogP) is 8.11. The molecule has 34 heavy (non-hydrogen) atoms. The Bertz CT molecular complexity index is 1110. The molecule has 0 atom stereocenters. The normalized spacial score (nSPS) is 10.4. The first-order chi connectivity index (χ1) is 16.4. The summed E-state index contributed by atoms with van der Waals surface area (Å²) in [5.74, 6) is 1.53. The fourth-order valence-electron chi connectivity index (χ4n) is 2.75. The highest BCUT2D eigenvalue weighted by Gasteiger charge is 2.12.